The lowest BCUT2D eigenvalue weighted by Crippen LogP contribution is -2.15. The Morgan fingerprint density at radius 1 is 1.35 bits per heavy atom. The van der Waals surface area contributed by atoms with Crippen LogP contribution in [-0.4, -0.2) is 16.1 Å². The molecule has 1 saturated carbocycles. The number of aromatic nitrogens is 2. The molecule has 1 fully saturated rings. The molecule has 1 N–H and O–H groups in total. The van der Waals surface area contributed by atoms with E-state index in [2.05, 4.69) is 28.7 Å². The van der Waals surface area contributed by atoms with Crippen LogP contribution in [0, 0.1) is 5.92 Å². The van der Waals surface area contributed by atoms with E-state index in [1.54, 1.807) is 0 Å². The van der Waals surface area contributed by atoms with Crippen LogP contribution in [0.25, 0.3) is 0 Å². The van der Waals surface area contributed by atoms with Crippen LogP contribution in [0.15, 0.2) is 12.4 Å². The van der Waals surface area contributed by atoms with Crippen molar-refractivity contribution < 1.29 is 0 Å². The summed E-state index contributed by atoms with van der Waals surface area (Å²) in [7, 11) is 0. The van der Waals surface area contributed by atoms with E-state index in [4.69, 9.17) is 0 Å². The van der Waals surface area contributed by atoms with Crippen molar-refractivity contribution in [3.8, 4) is 0 Å². The Labute approximate surface area is 105 Å². The molecule has 0 aliphatic heterocycles. The van der Waals surface area contributed by atoms with Crippen molar-refractivity contribution in [3.63, 3.8) is 0 Å². The maximum Gasteiger partial charge on any atom is 0.203 e. The molecule has 0 unspecified atom stereocenters. The van der Waals surface area contributed by atoms with Gasteiger partial charge < -0.3 is 9.88 Å². The number of hydrogen-bond donors (Lipinski definition) is 1. The Kier molecular flexibility index (Phi) is 4.46. The predicted molar refractivity (Wildman–Crippen MR) is 72.3 cm³/mol. The smallest absolute Gasteiger partial charge is 0.203 e. The maximum absolute atomic E-state index is 4.37. The zero-order chi connectivity index (χ0) is 12.1. The van der Waals surface area contributed by atoms with Crippen molar-refractivity contribution in [3.05, 3.63) is 12.4 Å². The molecule has 96 valence electrons. The molecule has 3 nitrogen and oxygen atoms in total. The summed E-state index contributed by atoms with van der Waals surface area (Å²) in [6, 6.07) is 0.481. The standard InChI is InChI=1S/C14H25N3/c1-12(2)17-11-10-16-14(17)15-9-8-13-6-4-3-5-7-13/h10-13H,3-9H2,1-2H3,(H,15,16). The second-order valence-electron chi connectivity index (χ2n) is 5.47. The molecule has 0 radical (unpaired) electrons. The van der Waals surface area contributed by atoms with E-state index in [0.717, 1.165) is 18.4 Å². The zero-order valence-corrected chi connectivity index (χ0v) is 11.2. The van der Waals surface area contributed by atoms with Crippen molar-refractivity contribution in [2.45, 2.75) is 58.4 Å². The maximum atomic E-state index is 4.37. The minimum absolute atomic E-state index is 0.481. The number of nitrogens with one attached hydrogen (secondary N) is 1. The average molecular weight is 235 g/mol. The van der Waals surface area contributed by atoms with E-state index in [-0.39, 0.29) is 0 Å². The molecule has 1 aromatic rings. The van der Waals surface area contributed by atoms with Crippen LogP contribution in [0.5, 0.6) is 0 Å². The summed E-state index contributed by atoms with van der Waals surface area (Å²) in [5, 5.41) is 3.47. The van der Waals surface area contributed by atoms with Crippen molar-refractivity contribution >= 4 is 5.95 Å². The molecule has 17 heavy (non-hydrogen) atoms. The van der Waals surface area contributed by atoms with E-state index in [1.807, 2.05) is 12.4 Å². The molecule has 1 heterocycles. The molecule has 0 bridgehead atoms. The highest BCUT2D eigenvalue weighted by molar-refractivity contribution is 5.26. The third-order valence-electron chi connectivity index (χ3n) is 3.79. The lowest BCUT2D eigenvalue weighted by Gasteiger charge is -2.21. The van der Waals surface area contributed by atoms with Gasteiger partial charge in [-0.25, -0.2) is 4.98 Å². The van der Waals surface area contributed by atoms with Crippen LogP contribution in [0.1, 0.15) is 58.4 Å². The minimum atomic E-state index is 0.481. The molecular formula is C14H25N3. The van der Waals surface area contributed by atoms with Gasteiger partial charge in [-0.05, 0) is 26.2 Å². The number of hydrogen-bond acceptors (Lipinski definition) is 2. The first-order valence-corrected chi connectivity index (χ1v) is 7.04. The Hall–Kier alpha value is -0.990. The molecule has 3 heteroatoms. The third-order valence-corrected chi connectivity index (χ3v) is 3.79. The lowest BCUT2D eigenvalue weighted by atomic mass is 9.87. The first-order chi connectivity index (χ1) is 8.27. The monoisotopic (exact) mass is 235 g/mol. The van der Waals surface area contributed by atoms with Crippen molar-refractivity contribution in [1.82, 2.24) is 9.55 Å². The summed E-state index contributed by atoms with van der Waals surface area (Å²) < 4.78 is 2.20. The summed E-state index contributed by atoms with van der Waals surface area (Å²) >= 11 is 0. The summed E-state index contributed by atoms with van der Waals surface area (Å²) in [5.41, 5.74) is 0. The summed E-state index contributed by atoms with van der Waals surface area (Å²) in [6.45, 7) is 5.44. The van der Waals surface area contributed by atoms with Gasteiger partial charge in [0.1, 0.15) is 0 Å². The molecule has 2 rings (SSSR count). The fourth-order valence-electron chi connectivity index (χ4n) is 2.73. The van der Waals surface area contributed by atoms with Crippen LogP contribution >= 0.6 is 0 Å². The highest BCUT2D eigenvalue weighted by atomic mass is 15.2. The molecule has 0 atom stereocenters. The molecule has 0 spiro atoms. The van der Waals surface area contributed by atoms with Gasteiger partial charge in [0.15, 0.2) is 0 Å². The van der Waals surface area contributed by atoms with Gasteiger partial charge in [0, 0.05) is 25.0 Å². The van der Waals surface area contributed by atoms with E-state index in [9.17, 15) is 0 Å². The number of imidazole rings is 1. The Bertz CT molecular complexity index is 324. The molecule has 1 aromatic heterocycles. The second-order valence-corrected chi connectivity index (χ2v) is 5.47. The van der Waals surface area contributed by atoms with Gasteiger partial charge in [0.25, 0.3) is 0 Å². The quantitative estimate of drug-likeness (QED) is 0.840. The van der Waals surface area contributed by atoms with Gasteiger partial charge in [0.2, 0.25) is 5.95 Å². The highest BCUT2D eigenvalue weighted by Gasteiger charge is 2.13. The molecule has 0 amide bonds. The molecule has 0 aromatic carbocycles. The average Bonchev–Trinajstić information content (AvgIpc) is 2.79. The Balaban J connectivity index is 1.75. The fraction of sp³-hybridized carbons (Fsp3) is 0.786. The van der Waals surface area contributed by atoms with Crippen molar-refractivity contribution in [1.29, 1.82) is 0 Å². The van der Waals surface area contributed by atoms with E-state index >= 15 is 0 Å². The summed E-state index contributed by atoms with van der Waals surface area (Å²) in [4.78, 5) is 4.37. The molecule has 1 aliphatic rings. The second kappa shape index (κ2) is 6.08. The summed E-state index contributed by atoms with van der Waals surface area (Å²) in [6.07, 6.45) is 12.4. The van der Waals surface area contributed by atoms with Gasteiger partial charge in [0.05, 0.1) is 0 Å². The van der Waals surface area contributed by atoms with Crippen LogP contribution in [0.4, 0.5) is 5.95 Å². The van der Waals surface area contributed by atoms with Crippen molar-refractivity contribution in [2.75, 3.05) is 11.9 Å². The molecule has 0 saturated heterocycles. The SMILES string of the molecule is CC(C)n1ccnc1NCCC1CCCCC1. The lowest BCUT2D eigenvalue weighted by molar-refractivity contribution is 0.345. The van der Waals surface area contributed by atoms with E-state index < -0.39 is 0 Å². The Morgan fingerprint density at radius 3 is 2.82 bits per heavy atom. The normalized spacial score (nSPS) is 17.6. The van der Waals surface area contributed by atoms with Gasteiger partial charge >= 0.3 is 0 Å². The van der Waals surface area contributed by atoms with Crippen LogP contribution in [-0.2, 0) is 0 Å². The van der Waals surface area contributed by atoms with Gasteiger partial charge in [-0.2, -0.15) is 0 Å². The zero-order valence-electron chi connectivity index (χ0n) is 11.2. The van der Waals surface area contributed by atoms with Crippen LogP contribution < -0.4 is 5.32 Å². The first-order valence-electron chi connectivity index (χ1n) is 7.04. The topological polar surface area (TPSA) is 29.9 Å². The van der Waals surface area contributed by atoms with Crippen molar-refractivity contribution in [2.24, 2.45) is 5.92 Å². The molecule has 1 aliphatic carbocycles. The number of nitrogens with zero attached hydrogens (tertiary/aromatic N) is 2. The third kappa shape index (κ3) is 3.48. The van der Waals surface area contributed by atoms with Crippen LogP contribution in [0.3, 0.4) is 0 Å². The summed E-state index contributed by atoms with van der Waals surface area (Å²) in [5.74, 6) is 1.97. The first kappa shape index (κ1) is 12.5. The number of anilines is 1. The van der Waals surface area contributed by atoms with E-state index in [1.165, 1.54) is 38.5 Å². The van der Waals surface area contributed by atoms with Crippen LogP contribution in [0.2, 0.25) is 0 Å². The minimum Gasteiger partial charge on any atom is -0.356 e. The largest absolute Gasteiger partial charge is 0.356 e. The van der Waals surface area contributed by atoms with E-state index in [0.29, 0.717) is 6.04 Å². The van der Waals surface area contributed by atoms with Gasteiger partial charge in [-0.1, -0.05) is 32.1 Å². The van der Waals surface area contributed by atoms with Gasteiger partial charge in [-0.15, -0.1) is 0 Å². The predicted octanol–water partition coefficient (Wildman–Crippen LogP) is 3.85. The molecular weight excluding hydrogens is 210 g/mol. The number of rotatable bonds is 5. The van der Waals surface area contributed by atoms with Gasteiger partial charge in [-0.3, -0.25) is 0 Å². The Morgan fingerprint density at radius 2 is 2.12 bits per heavy atom. The highest BCUT2D eigenvalue weighted by Crippen LogP contribution is 2.26. The fourth-order valence-corrected chi connectivity index (χ4v) is 2.73.